The molecule has 3 heteroatoms. The predicted molar refractivity (Wildman–Crippen MR) is 225 cm³/mol. The van der Waals surface area contributed by atoms with Gasteiger partial charge in [-0.1, -0.05) is 158 Å². The molecule has 1 aromatic heterocycles. The fourth-order valence-corrected chi connectivity index (χ4v) is 7.66. The molecule has 0 aliphatic rings. The van der Waals surface area contributed by atoms with Crippen molar-refractivity contribution in [2.45, 2.75) is 0 Å². The molecule has 0 spiro atoms. The van der Waals surface area contributed by atoms with Gasteiger partial charge in [-0.2, -0.15) is 0 Å². The van der Waals surface area contributed by atoms with Crippen molar-refractivity contribution in [1.29, 1.82) is 0 Å². The van der Waals surface area contributed by atoms with Crippen molar-refractivity contribution >= 4 is 49.7 Å². The number of benzene rings is 9. The average Bonchev–Trinajstić information content (AvgIpc) is 3.69. The van der Waals surface area contributed by atoms with Crippen LogP contribution in [0.3, 0.4) is 0 Å². The van der Waals surface area contributed by atoms with E-state index in [1.807, 2.05) is 6.07 Å². The Morgan fingerprint density at radius 2 is 1.00 bits per heavy atom. The SMILES string of the molecule is c1ccc(-c2ccccc2N(c2ccc(-c3cccc4nc(-c5ccc6ccccc6c5)oc34)cc2)c2cccc(-c3cccc4ccccc34)c2)cc1. The van der Waals surface area contributed by atoms with E-state index in [9.17, 15) is 0 Å². The number of fused-ring (bicyclic) bond motifs is 3. The second kappa shape index (κ2) is 13.4. The van der Waals surface area contributed by atoms with Gasteiger partial charge in [0, 0.05) is 28.1 Å². The topological polar surface area (TPSA) is 29.3 Å². The van der Waals surface area contributed by atoms with Gasteiger partial charge in [0.25, 0.3) is 0 Å². The summed E-state index contributed by atoms with van der Waals surface area (Å²) in [6.07, 6.45) is 0. The summed E-state index contributed by atoms with van der Waals surface area (Å²) in [5.74, 6) is 0.620. The molecule has 1 heterocycles. The molecule has 0 amide bonds. The minimum Gasteiger partial charge on any atom is -0.435 e. The van der Waals surface area contributed by atoms with Gasteiger partial charge in [0.1, 0.15) is 5.52 Å². The largest absolute Gasteiger partial charge is 0.435 e. The first-order chi connectivity index (χ1) is 26.8. The highest BCUT2D eigenvalue weighted by Gasteiger charge is 2.19. The molecule has 0 bridgehead atoms. The molecule has 54 heavy (non-hydrogen) atoms. The molecule has 0 N–H and O–H groups in total. The van der Waals surface area contributed by atoms with E-state index in [0.29, 0.717) is 5.89 Å². The van der Waals surface area contributed by atoms with E-state index >= 15 is 0 Å². The van der Waals surface area contributed by atoms with Gasteiger partial charge in [0.05, 0.1) is 5.69 Å². The molecule has 0 radical (unpaired) electrons. The van der Waals surface area contributed by atoms with E-state index < -0.39 is 0 Å². The third-order valence-electron chi connectivity index (χ3n) is 10.3. The Hall–Kier alpha value is -7.23. The number of nitrogens with zero attached hydrogens (tertiary/aromatic N) is 2. The minimum atomic E-state index is 0.620. The van der Waals surface area contributed by atoms with Gasteiger partial charge in [0.2, 0.25) is 5.89 Å². The summed E-state index contributed by atoms with van der Waals surface area (Å²) < 4.78 is 6.53. The quantitative estimate of drug-likeness (QED) is 0.167. The van der Waals surface area contributed by atoms with Crippen LogP contribution in [-0.4, -0.2) is 4.98 Å². The van der Waals surface area contributed by atoms with Crippen LogP contribution < -0.4 is 4.90 Å². The summed E-state index contributed by atoms with van der Waals surface area (Å²) >= 11 is 0. The lowest BCUT2D eigenvalue weighted by Crippen LogP contribution is -2.11. The van der Waals surface area contributed by atoms with Crippen molar-refractivity contribution in [2.75, 3.05) is 4.90 Å². The van der Waals surface area contributed by atoms with Crippen LogP contribution in [0.25, 0.3) is 77.5 Å². The van der Waals surface area contributed by atoms with Crippen molar-refractivity contribution in [1.82, 2.24) is 4.98 Å². The highest BCUT2D eigenvalue weighted by molar-refractivity contribution is 5.98. The fourth-order valence-electron chi connectivity index (χ4n) is 7.66. The molecule has 0 fully saturated rings. The van der Waals surface area contributed by atoms with Crippen LogP contribution >= 0.6 is 0 Å². The van der Waals surface area contributed by atoms with Crippen molar-refractivity contribution < 1.29 is 4.42 Å². The fraction of sp³-hybridized carbons (Fsp3) is 0. The number of para-hydroxylation sites is 2. The number of hydrogen-bond donors (Lipinski definition) is 0. The van der Waals surface area contributed by atoms with Crippen LogP contribution in [-0.2, 0) is 0 Å². The Kier molecular flexibility index (Phi) is 7.81. The Balaban J connectivity index is 1.08. The van der Waals surface area contributed by atoms with Gasteiger partial charge >= 0.3 is 0 Å². The summed E-state index contributed by atoms with van der Waals surface area (Å²) in [5, 5.41) is 4.82. The lowest BCUT2D eigenvalue weighted by Gasteiger charge is -2.28. The van der Waals surface area contributed by atoms with E-state index in [-0.39, 0.29) is 0 Å². The summed E-state index contributed by atoms with van der Waals surface area (Å²) in [5.41, 5.74) is 12.6. The van der Waals surface area contributed by atoms with Gasteiger partial charge < -0.3 is 9.32 Å². The molecule has 10 aromatic rings. The molecule has 0 aliphatic carbocycles. The Labute approximate surface area is 314 Å². The first kappa shape index (κ1) is 31.5. The first-order valence-corrected chi connectivity index (χ1v) is 18.3. The third kappa shape index (κ3) is 5.69. The highest BCUT2D eigenvalue weighted by atomic mass is 16.3. The van der Waals surface area contributed by atoms with Crippen LogP contribution in [0.15, 0.2) is 211 Å². The Bertz CT molecular complexity index is 2940. The van der Waals surface area contributed by atoms with Crippen LogP contribution in [0.4, 0.5) is 17.1 Å². The Morgan fingerprint density at radius 3 is 1.89 bits per heavy atom. The van der Waals surface area contributed by atoms with E-state index in [4.69, 9.17) is 9.40 Å². The van der Waals surface area contributed by atoms with Crippen LogP contribution in [0.5, 0.6) is 0 Å². The van der Waals surface area contributed by atoms with Crippen LogP contribution in [0.2, 0.25) is 0 Å². The number of hydrogen-bond acceptors (Lipinski definition) is 3. The molecular formula is C51H34N2O. The third-order valence-corrected chi connectivity index (χ3v) is 10.3. The number of rotatable bonds is 7. The second-order valence-electron chi connectivity index (χ2n) is 13.6. The smallest absolute Gasteiger partial charge is 0.227 e. The Morgan fingerprint density at radius 1 is 0.370 bits per heavy atom. The maximum absolute atomic E-state index is 6.53. The molecular weight excluding hydrogens is 657 g/mol. The number of aromatic nitrogens is 1. The molecule has 0 atom stereocenters. The molecule has 10 rings (SSSR count). The zero-order valence-electron chi connectivity index (χ0n) is 29.4. The van der Waals surface area contributed by atoms with Gasteiger partial charge in [-0.05, 0) is 92.3 Å². The second-order valence-corrected chi connectivity index (χ2v) is 13.6. The maximum Gasteiger partial charge on any atom is 0.227 e. The van der Waals surface area contributed by atoms with Gasteiger partial charge in [-0.25, -0.2) is 4.98 Å². The molecule has 0 aliphatic heterocycles. The zero-order valence-corrected chi connectivity index (χ0v) is 29.4. The van der Waals surface area contributed by atoms with Crippen LogP contribution in [0, 0.1) is 0 Å². The summed E-state index contributed by atoms with van der Waals surface area (Å²) in [6.45, 7) is 0. The normalized spacial score (nSPS) is 11.3. The van der Waals surface area contributed by atoms with Gasteiger partial charge in [0.15, 0.2) is 5.58 Å². The lowest BCUT2D eigenvalue weighted by molar-refractivity contribution is 0.621. The van der Waals surface area contributed by atoms with Crippen molar-refractivity contribution in [3.8, 4) is 44.8 Å². The molecule has 9 aromatic carbocycles. The van der Waals surface area contributed by atoms with Crippen molar-refractivity contribution in [3.63, 3.8) is 0 Å². The van der Waals surface area contributed by atoms with Gasteiger partial charge in [-0.3, -0.25) is 0 Å². The number of anilines is 3. The standard InChI is InChI=1S/C51H34N2O/c1-2-14-37(15-3-1)46-22-8-9-26-49(46)53(43-20-10-19-40(34-43)45-23-11-18-36-16-6-7-21-44(36)45)42-31-29-38(30-32-42)47-24-12-25-48-50(47)54-51(52-48)41-28-27-35-13-4-5-17-39(35)33-41/h1-34H. The van der Waals surface area contributed by atoms with E-state index in [1.54, 1.807) is 0 Å². The maximum atomic E-state index is 6.53. The predicted octanol–water partition coefficient (Wildman–Crippen LogP) is 14.3. The monoisotopic (exact) mass is 690 g/mol. The molecule has 0 saturated carbocycles. The molecule has 0 saturated heterocycles. The van der Waals surface area contributed by atoms with Crippen LogP contribution in [0.1, 0.15) is 0 Å². The van der Waals surface area contributed by atoms with Crippen molar-refractivity contribution in [3.05, 3.63) is 206 Å². The summed E-state index contributed by atoms with van der Waals surface area (Å²) in [4.78, 5) is 7.29. The molecule has 3 nitrogen and oxygen atoms in total. The summed E-state index contributed by atoms with van der Waals surface area (Å²) in [7, 11) is 0. The van der Waals surface area contributed by atoms with E-state index in [1.165, 1.54) is 32.8 Å². The van der Waals surface area contributed by atoms with Gasteiger partial charge in [-0.15, -0.1) is 0 Å². The van der Waals surface area contributed by atoms with E-state index in [2.05, 4.69) is 205 Å². The molecule has 254 valence electrons. The van der Waals surface area contributed by atoms with E-state index in [0.717, 1.165) is 55.8 Å². The highest BCUT2D eigenvalue weighted by Crippen LogP contribution is 2.43. The first-order valence-electron chi connectivity index (χ1n) is 18.3. The lowest BCUT2D eigenvalue weighted by atomic mass is 9.97. The average molecular weight is 691 g/mol. The number of oxazole rings is 1. The van der Waals surface area contributed by atoms with Crippen molar-refractivity contribution in [2.24, 2.45) is 0 Å². The summed E-state index contributed by atoms with van der Waals surface area (Å²) in [6, 6.07) is 73.0. The minimum absolute atomic E-state index is 0.620. The zero-order chi connectivity index (χ0) is 35.8. The molecule has 0 unspecified atom stereocenters.